The predicted molar refractivity (Wildman–Crippen MR) is 121 cm³/mol. The van der Waals surface area contributed by atoms with E-state index in [-0.39, 0.29) is 41.6 Å². The lowest BCUT2D eigenvalue weighted by atomic mass is 9.93. The fourth-order valence-electron chi connectivity index (χ4n) is 3.25. The van der Waals surface area contributed by atoms with E-state index in [1.54, 1.807) is 25.2 Å². The van der Waals surface area contributed by atoms with Crippen LogP contribution in [0.4, 0.5) is 4.39 Å². The quantitative estimate of drug-likeness (QED) is 0.332. The van der Waals surface area contributed by atoms with Crippen molar-refractivity contribution in [3.05, 3.63) is 30.1 Å². The standard InChI is InChI=1S/C20H33FN4O.HI/c1-4-25-13-10-17(11-14-25)9-12-23-20(22-3)24-15-16(2)26-19-8-6-5-7-18(19)21;/h5-8,16-17H,4,9-15H2,1-3H3,(H2,22,23,24);1H. The molecule has 0 bridgehead atoms. The van der Waals surface area contributed by atoms with Crippen LogP contribution < -0.4 is 15.4 Å². The number of benzene rings is 1. The molecule has 154 valence electrons. The van der Waals surface area contributed by atoms with Gasteiger partial charge in [-0.3, -0.25) is 4.99 Å². The molecule has 2 N–H and O–H groups in total. The summed E-state index contributed by atoms with van der Waals surface area (Å²) in [6, 6.07) is 6.47. The Morgan fingerprint density at radius 2 is 2.00 bits per heavy atom. The topological polar surface area (TPSA) is 48.9 Å². The highest BCUT2D eigenvalue weighted by Gasteiger charge is 2.17. The molecule has 0 spiro atoms. The summed E-state index contributed by atoms with van der Waals surface area (Å²) in [6.07, 6.45) is 3.58. The Bertz CT molecular complexity index is 565. The highest BCUT2D eigenvalue weighted by atomic mass is 127. The van der Waals surface area contributed by atoms with Crippen molar-refractivity contribution in [1.82, 2.24) is 15.5 Å². The van der Waals surface area contributed by atoms with E-state index < -0.39 is 0 Å². The molecular formula is C20H34FIN4O. The van der Waals surface area contributed by atoms with Gasteiger partial charge in [0, 0.05) is 13.6 Å². The smallest absolute Gasteiger partial charge is 0.191 e. The minimum absolute atomic E-state index is 0. The van der Waals surface area contributed by atoms with Crippen molar-refractivity contribution >= 4 is 29.9 Å². The summed E-state index contributed by atoms with van der Waals surface area (Å²) in [4.78, 5) is 6.76. The van der Waals surface area contributed by atoms with Gasteiger partial charge in [-0.1, -0.05) is 19.1 Å². The van der Waals surface area contributed by atoms with Crippen LogP contribution in [-0.2, 0) is 0 Å². The van der Waals surface area contributed by atoms with E-state index in [9.17, 15) is 4.39 Å². The van der Waals surface area contributed by atoms with Crippen LogP contribution in [0.25, 0.3) is 0 Å². The summed E-state index contributed by atoms with van der Waals surface area (Å²) < 4.78 is 19.3. The van der Waals surface area contributed by atoms with Gasteiger partial charge in [0.2, 0.25) is 0 Å². The minimum atomic E-state index is -0.337. The zero-order chi connectivity index (χ0) is 18.8. The number of likely N-dealkylation sites (tertiary alicyclic amines) is 1. The molecular weight excluding hydrogens is 458 g/mol. The average molecular weight is 492 g/mol. The van der Waals surface area contributed by atoms with E-state index >= 15 is 0 Å². The maximum atomic E-state index is 13.6. The lowest BCUT2D eigenvalue weighted by molar-refractivity contribution is 0.187. The lowest BCUT2D eigenvalue weighted by Gasteiger charge is -2.31. The second-order valence-electron chi connectivity index (χ2n) is 6.91. The SMILES string of the molecule is CCN1CCC(CCNC(=NC)NCC(C)Oc2ccccc2F)CC1.I. The van der Waals surface area contributed by atoms with Crippen molar-refractivity contribution in [1.29, 1.82) is 0 Å². The molecule has 0 aliphatic carbocycles. The van der Waals surface area contributed by atoms with Crippen LogP contribution in [0.1, 0.15) is 33.1 Å². The van der Waals surface area contributed by atoms with Crippen molar-refractivity contribution < 1.29 is 9.13 Å². The Balaban J connectivity index is 0.00000364. The van der Waals surface area contributed by atoms with Gasteiger partial charge in [0.25, 0.3) is 0 Å². The van der Waals surface area contributed by atoms with E-state index in [4.69, 9.17) is 4.74 Å². The number of rotatable bonds is 8. The van der Waals surface area contributed by atoms with E-state index in [0.717, 1.165) is 25.0 Å². The van der Waals surface area contributed by atoms with Crippen LogP contribution >= 0.6 is 24.0 Å². The van der Waals surface area contributed by atoms with E-state index in [1.165, 1.54) is 38.4 Å². The molecule has 1 unspecified atom stereocenters. The van der Waals surface area contributed by atoms with Crippen LogP contribution in [0.15, 0.2) is 29.3 Å². The number of nitrogens with zero attached hydrogens (tertiary/aromatic N) is 2. The molecule has 1 heterocycles. The van der Waals surface area contributed by atoms with Gasteiger partial charge in [0.15, 0.2) is 17.5 Å². The molecule has 1 fully saturated rings. The molecule has 7 heteroatoms. The van der Waals surface area contributed by atoms with E-state index in [2.05, 4.69) is 27.4 Å². The van der Waals surface area contributed by atoms with Crippen molar-refractivity contribution in [2.45, 2.75) is 39.2 Å². The highest BCUT2D eigenvalue weighted by Crippen LogP contribution is 2.19. The maximum absolute atomic E-state index is 13.6. The largest absolute Gasteiger partial charge is 0.486 e. The zero-order valence-corrected chi connectivity index (χ0v) is 19.0. The van der Waals surface area contributed by atoms with Crippen molar-refractivity contribution in [2.24, 2.45) is 10.9 Å². The Hall–Kier alpha value is -1.09. The van der Waals surface area contributed by atoms with Gasteiger partial charge in [-0.15, -0.1) is 24.0 Å². The van der Waals surface area contributed by atoms with Crippen LogP contribution in [0.2, 0.25) is 0 Å². The molecule has 0 aromatic heterocycles. The lowest BCUT2D eigenvalue weighted by Crippen LogP contribution is -2.42. The first-order valence-electron chi connectivity index (χ1n) is 9.70. The Morgan fingerprint density at radius 3 is 2.63 bits per heavy atom. The van der Waals surface area contributed by atoms with Gasteiger partial charge in [-0.05, 0) is 63.9 Å². The Kier molecular flexibility index (Phi) is 11.7. The molecule has 0 amide bonds. The zero-order valence-electron chi connectivity index (χ0n) is 16.7. The third kappa shape index (κ3) is 8.64. The second kappa shape index (κ2) is 13.1. The average Bonchev–Trinajstić information content (AvgIpc) is 2.67. The number of hydrogen-bond acceptors (Lipinski definition) is 3. The first-order chi connectivity index (χ1) is 12.6. The van der Waals surface area contributed by atoms with Crippen LogP contribution in [0.3, 0.4) is 0 Å². The molecule has 27 heavy (non-hydrogen) atoms. The number of hydrogen-bond donors (Lipinski definition) is 2. The molecule has 5 nitrogen and oxygen atoms in total. The van der Waals surface area contributed by atoms with E-state index in [0.29, 0.717) is 6.54 Å². The summed E-state index contributed by atoms with van der Waals surface area (Å²) >= 11 is 0. The van der Waals surface area contributed by atoms with Crippen molar-refractivity contribution in [3.63, 3.8) is 0 Å². The third-order valence-electron chi connectivity index (χ3n) is 4.94. The highest BCUT2D eigenvalue weighted by molar-refractivity contribution is 14.0. The molecule has 1 aromatic carbocycles. The minimum Gasteiger partial charge on any atom is -0.486 e. The predicted octanol–water partition coefficient (Wildman–Crippen LogP) is 3.50. The molecule has 2 rings (SSSR count). The number of para-hydroxylation sites is 1. The van der Waals surface area contributed by atoms with Gasteiger partial charge >= 0.3 is 0 Å². The van der Waals surface area contributed by atoms with Crippen LogP contribution in [0.5, 0.6) is 5.75 Å². The summed E-state index contributed by atoms with van der Waals surface area (Å²) in [7, 11) is 1.76. The molecule has 1 saturated heterocycles. The van der Waals surface area contributed by atoms with Gasteiger partial charge < -0.3 is 20.3 Å². The molecule has 0 radical (unpaired) electrons. The number of halogens is 2. The summed E-state index contributed by atoms with van der Waals surface area (Å²) in [5.41, 5.74) is 0. The van der Waals surface area contributed by atoms with Gasteiger partial charge in [-0.2, -0.15) is 0 Å². The number of ether oxygens (including phenoxy) is 1. The number of piperidine rings is 1. The Labute approximate surface area is 180 Å². The van der Waals surface area contributed by atoms with Crippen molar-refractivity contribution in [3.8, 4) is 5.75 Å². The normalized spacial score (nSPS) is 17.1. The first kappa shape index (κ1) is 23.9. The number of guanidine groups is 1. The Morgan fingerprint density at radius 1 is 1.30 bits per heavy atom. The molecule has 1 aliphatic rings. The summed E-state index contributed by atoms with van der Waals surface area (Å²) in [5, 5.41) is 6.61. The number of aliphatic imine (C=N–C) groups is 1. The second-order valence-corrected chi connectivity index (χ2v) is 6.91. The summed E-state index contributed by atoms with van der Waals surface area (Å²) in [5.74, 6) is 1.51. The maximum Gasteiger partial charge on any atom is 0.191 e. The molecule has 1 aromatic rings. The van der Waals surface area contributed by atoms with Gasteiger partial charge in [-0.25, -0.2) is 4.39 Å². The van der Waals surface area contributed by atoms with Gasteiger partial charge in [0.05, 0.1) is 6.54 Å². The first-order valence-corrected chi connectivity index (χ1v) is 9.70. The van der Waals surface area contributed by atoms with Gasteiger partial charge in [0.1, 0.15) is 6.10 Å². The third-order valence-corrected chi connectivity index (χ3v) is 4.94. The molecule has 1 aliphatic heterocycles. The molecule has 1 atom stereocenters. The molecule has 0 saturated carbocycles. The van der Waals surface area contributed by atoms with Crippen LogP contribution in [0, 0.1) is 11.7 Å². The van der Waals surface area contributed by atoms with Crippen LogP contribution in [-0.4, -0.2) is 56.7 Å². The fraction of sp³-hybridized carbons (Fsp3) is 0.650. The van der Waals surface area contributed by atoms with E-state index in [1.807, 2.05) is 6.92 Å². The monoisotopic (exact) mass is 492 g/mol. The van der Waals surface area contributed by atoms with Crippen molar-refractivity contribution in [2.75, 3.05) is 39.8 Å². The number of nitrogens with one attached hydrogen (secondary N) is 2. The summed E-state index contributed by atoms with van der Waals surface area (Å²) in [6.45, 7) is 9.22. The fourth-order valence-corrected chi connectivity index (χ4v) is 3.25.